The standard InChI is InChI=1S/C14H17N3O6/c1-14(2,3)23-11(19)7-22-17-12(13(20)21)9-5-4-6-10(16-9)15-8-18/h4-6,8H,7H2,1-3H3,(H,20,21)(H,15,16,18). The fourth-order valence-electron chi connectivity index (χ4n) is 1.42. The Balaban J connectivity index is 2.82. The van der Waals surface area contributed by atoms with Crippen LogP contribution in [0.3, 0.4) is 0 Å². The number of carboxylic acids is 1. The Morgan fingerprint density at radius 2 is 2.09 bits per heavy atom. The number of amides is 1. The number of hydrogen-bond donors (Lipinski definition) is 2. The summed E-state index contributed by atoms with van der Waals surface area (Å²) in [4.78, 5) is 41.7. The van der Waals surface area contributed by atoms with Gasteiger partial charge in [-0.05, 0) is 32.9 Å². The van der Waals surface area contributed by atoms with Gasteiger partial charge in [-0.2, -0.15) is 0 Å². The van der Waals surface area contributed by atoms with Crippen LogP contribution in [0.2, 0.25) is 0 Å². The van der Waals surface area contributed by atoms with Crippen molar-refractivity contribution < 1.29 is 29.1 Å². The van der Waals surface area contributed by atoms with Gasteiger partial charge in [0, 0.05) is 0 Å². The molecule has 0 atom stereocenters. The molecule has 23 heavy (non-hydrogen) atoms. The van der Waals surface area contributed by atoms with Crippen LogP contribution >= 0.6 is 0 Å². The summed E-state index contributed by atoms with van der Waals surface area (Å²) in [6, 6.07) is 4.33. The van der Waals surface area contributed by atoms with E-state index < -0.39 is 29.9 Å². The fourth-order valence-corrected chi connectivity index (χ4v) is 1.42. The van der Waals surface area contributed by atoms with E-state index in [1.807, 2.05) is 0 Å². The number of anilines is 1. The molecule has 0 aliphatic rings. The van der Waals surface area contributed by atoms with Crippen molar-refractivity contribution in [1.29, 1.82) is 0 Å². The Hall–Kier alpha value is -2.97. The van der Waals surface area contributed by atoms with Crippen molar-refractivity contribution in [2.75, 3.05) is 11.9 Å². The molecule has 0 bridgehead atoms. The average Bonchev–Trinajstić information content (AvgIpc) is 2.42. The van der Waals surface area contributed by atoms with E-state index in [1.165, 1.54) is 18.2 Å². The number of carbonyl (C=O) groups is 3. The Labute approximate surface area is 132 Å². The van der Waals surface area contributed by atoms with Crippen molar-refractivity contribution in [3.8, 4) is 0 Å². The summed E-state index contributed by atoms with van der Waals surface area (Å²) in [7, 11) is 0. The molecule has 2 N–H and O–H groups in total. The molecular weight excluding hydrogens is 306 g/mol. The smallest absolute Gasteiger partial charge is 0.360 e. The van der Waals surface area contributed by atoms with Crippen LogP contribution < -0.4 is 5.32 Å². The Morgan fingerprint density at radius 3 is 2.65 bits per heavy atom. The molecule has 0 aliphatic carbocycles. The summed E-state index contributed by atoms with van der Waals surface area (Å²) in [5.74, 6) is -1.93. The van der Waals surface area contributed by atoms with Crippen molar-refractivity contribution >= 4 is 29.9 Å². The van der Waals surface area contributed by atoms with Gasteiger partial charge < -0.3 is 20.0 Å². The molecule has 0 radical (unpaired) electrons. The highest BCUT2D eigenvalue weighted by atomic mass is 16.7. The second-order valence-electron chi connectivity index (χ2n) is 5.28. The van der Waals surface area contributed by atoms with Crippen LogP contribution in [0.15, 0.2) is 23.4 Å². The normalized spacial score (nSPS) is 11.5. The van der Waals surface area contributed by atoms with Gasteiger partial charge >= 0.3 is 11.9 Å². The van der Waals surface area contributed by atoms with Crippen LogP contribution in [0.25, 0.3) is 0 Å². The lowest BCUT2D eigenvalue weighted by atomic mass is 10.2. The van der Waals surface area contributed by atoms with Gasteiger partial charge in [0.2, 0.25) is 18.7 Å². The summed E-state index contributed by atoms with van der Waals surface area (Å²) in [5.41, 5.74) is -1.23. The van der Waals surface area contributed by atoms with Crippen LogP contribution in [-0.2, 0) is 24.0 Å². The van der Waals surface area contributed by atoms with E-state index in [9.17, 15) is 14.4 Å². The van der Waals surface area contributed by atoms with Gasteiger partial charge in [-0.25, -0.2) is 14.6 Å². The van der Waals surface area contributed by atoms with E-state index in [0.29, 0.717) is 6.41 Å². The zero-order valence-electron chi connectivity index (χ0n) is 12.9. The van der Waals surface area contributed by atoms with Gasteiger partial charge in [-0.15, -0.1) is 0 Å². The van der Waals surface area contributed by atoms with Crippen molar-refractivity contribution in [1.82, 2.24) is 4.98 Å². The maximum absolute atomic E-state index is 11.5. The van der Waals surface area contributed by atoms with Crippen LogP contribution in [-0.4, -0.2) is 46.4 Å². The SMILES string of the molecule is CC(C)(C)OC(=O)CON=C(C(=O)O)c1cccc(NC=O)n1. The molecule has 1 amide bonds. The van der Waals surface area contributed by atoms with Gasteiger partial charge in [0.25, 0.3) is 0 Å². The Morgan fingerprint density at radius 1 is 1.39 bits per heavy atom. The van der Waals surface area contributed by atoms with Gasteiger partial charge in [-0.3, -0.25) is 4.79 Å². The van der Waals surface area contributed by atoms with E-state index in [2.05, 4.69) is 15.5 Å². The Bertz CT molecular complexity index is 621. The molecule has 124 valence electrons. The third-order valence-electron chi connectivity index (χ3n) is 2.16. The average molecular weight is 323 g/mol. The zero-order chi connectivity index (χ0) is 17.5. The molecule has 0 aromatic carbocycles. The molecule has 0 fully saturated rings. The number of nitrogens with zero attached hydrogens (tertiary/aromatic N) is 2. The quantitative estimate of drug-likeness (QED) is 0.329. The number of rotatable bonds is 7. The minimum absolute atomic E-state index is 0.0338. The molecule has 1 heterocycles. The largest absolute Gasteiger partial charge is 0.476 e. The highest BCUT2D eigenvalue weighted by Crippen LogP contribution is 2.08. The number of carboxylic acid groups (broad SMARTS) is 1. The lowest BCUT2D eigenvalue weighted by molar-refractivity contribution is -0.160. The first-order valence-corrected chi connectivity index (χ1v) is 6.55. The van der Waals surface area contributed by atoms with E-state index in [-0.39, 0.29) is 11.5 Å². The van der Waals surface area contributed by atoms with Crippen LogP contribution in [0, 0.1) is 0 Å². The number of ether oxygens (including phenoxy) is 1. The lowest BCUT2D eigenvalue weighted by Crippen LogP contribution is -2.26. The molecule has 0 spiro atoms. The topological polar surface area (TPSA) is 127 Å². The third-order valence-corrected chi connectivity index (χ3v) is 2.16. The highest BCUT2D eigenvalue weighted by molar-refractivity contribution is 6.41. The predicted molar refractivity (Wildman–Crippen MR) is 79.9 cm³/mol. The van der Waals surface area contributed by atoms with Crippen LogP contribution in [0.1, 0.15) is 26.5 Å². The number of pyridine rings is 1. The monoisotopic (exact) mass is 323 g/mol. The van der Waals surface area contributed by atoms with Crippen LogP contribution in [0.4, 0.5) is 5.82 Å². The summed E-state index contributed by atoms with van der Waals surface area (Å²) in [6.07, 6.45) is 0.405. The van der Waals surface area contributed by atoms with Gasteiger partial charge in [0.15, 0.2) is 0 Å². The van der Waals surface area contributed by atoms with E-state index in [1.54, 1.807) is 20.8 Å². The highest BCUT2D eigenvalue weighted by Gasteiger charge is 2.18. The molecule has 0 unspecified atom stereocenters. The number of nitrogens with one attached hydrogen (secondary N) is 1. The lowest BCUT2D eigenvalue weighted by Gasteiger charge is -2.18. The number of hydrogen-bond acceptors (Lipinski definition) is 7. The maximum Gasteiger partial charge on any atom is 0.360 e. The van der Waals surface area contributed by atoms with Crippen molar-refractivity contribution in [2.45, 2.75) is 26.4 Å². The Kier molecular flexibility index (Phi) is 6.19. The first-order valence-electron chi connectivity index (χ1n) is 6.55. The predicted octanol–water partition coefficient (Wildman–Crippen LogP) is 0.797. The van der Waals surface area contributed by atoms with Crippen molar-refractivity contribution in [3.05, 3.63) is 23.9 Å². The number of carbonyl (C=O) groups excluding carboxylic acids is 2. The molecular formula is C14H17N3O6. The summed E-state index contributed by atoms with van der Waals surface area (Å²) in [6.45, 7) is 4.52. The number of oxime groups is 1. The third kappa shape index (κ3) is 6.55. The summed E-state index contributed by atoms with van der Waals surface area (Å²) >= 11 is 0. The summed E-state index contributed by atoms with van der Waals surface area (Å²) < 4.78 is 4.99. The van der Waals surface area contributed by atoms with E-state index in [4.69, 9.17) is 14.7 Å². The van der Waals surface area contributed by atoms with E-state index >= 15 is 0 Å². The first kappa shape index (κ1) is 18.1. The molecule has 0 saturated heterocycles. The molecule has 1 aromatic heterocycles. The summed E-state index contributed by atoms with van der Waals surface area (Å²) in [5, 5.41) is 14.8. The zero-order valence-corrected chi connectivity index (χ0v) is 12.9. The molecule has 9 nitrogen and oxygen atoms in total. The molecule has 9 heteroatoms. The van der Waals surface area contributed by atoms with E-state index in [0.717, 1.165) is 0 Å². The number of esters is 1. The second kappa shape index (κ2) is 7.87. The second-order valence-corrected chi connectivity index (χ2v) is 5.28. The molecule has 1 aromatic rings. The minimum Gasteiger partial charge on any atom is -0.476 e. The van der Waals surface area contributed by atoms with Crippen molar-refractivity contribution in [2.24, 2.45) is 5.16 Å². The molecule has 1 rings (SSSR count). The molecule has 0 aliphatic heterocycles. The number of aromatic nitrogens is 1. The van der Waals surface area contributed by atoms with Gasteiger partial charge in [-0.1, -0.05) is 11.2 Å². The van der Waals surface area contributed by atoms with Crippen LogP contribution in [0.5, 0.6) is 0 Å². The molecule has 0 saturated carbocycles. The minimum atomic E-state index is -1.40. The van der Waals surface area contributed by atoms with Gasteiger partial charge in [0.1, 0.15) is 17.1 Å². The van der Waals surface area contributed by atoms with Crippen molar-refractivity contribution in [3.63, 3.8) is 0 Å². The number of aliphatic carboxylic acids is 1. The fraction of sp³-hybridized carbons (Fsp3) is 0.357. The van der Waals surface area contributed by atoms with Gasteiger partial charge in [0.05, 0.1) is 0 Å². The maximum atomic E-state index is 11.5. The first-order chi connectivity index (χ1) is 10.7.